The van der Waals surface area contributed by atoms with Crippen molar-refractivity contribution in [3.63, 3.8) is 0 Å². The van der Waals surface area contributed by atoms with Crippen molar-refractivity contribution >= 4 is 9.39 Å². The number of piperidine rings is 1. The van der Waals surface area contributed by atoms with Gasteiger partial charge in [-0.2, -0.15) is 0 Å². The highest BCUT2D eigenvalue weighted by molar-refractivity contribution is 7.13. The van der Waals surface area contributed by atoms with Gasteiger partial charge < -0.3 is 5.11 Å². The molecule has 2 heterocycles. The Morgan fingerprint density at radius 1 is 1.21 bits per heavy atom. The van der Waals surface area contributed by atoms with Crippen LogP contribution in [0, 0.1) is 0 Å². The van der Waals surface area contributed by atoms with Gasteiger partial charge in [0, 0.05) is 32.2 Å². The molecule has 2 fully saturated rings. The summed E-state index contributed by atoms with van der Waals surface area (Å²) >= 11 is 0. The van der Waals surface area contributed by atoms with E-state index in [2.05, 4.69) is 43.2 Å². The third-order valence-corrected chi connectivity index (χ3v) is 5.03. The fourth-order valence-electron chi connectivity index (χ4n) is 3.42. The van der Waals surface area contributed by atoms with Crippen LogP contribution in [0.1, 0.15) is 24.8 Å². The lowest BCUT2D eigenvalue weighted by Gasteiger charge is -2.54. The number of hydrogen-bond acceptors (Lipinski definition) is 3. The summed E-state index contributed by atoms with van der Waals surface area (Å²) in [6.07, 6.45) is 3.62. The number of aliphatic hydroxyl groups is 1. The first-order valence-corrected chi connectivity index (χ1v) is 7.69. The molecule has 0 aromatic heterocycles. The molecule has 2 saturated heterocycles. The predicted octanol–water partition coefficient (Wildman–Crippen LogP) is 1.88. The monoisotopic (exact) mass is 278 g/mol. The molecule has 0 amide bonds. The molecule has 1 aromatic rings. The van der Waals surface area contributed by atoms with Gasteiger partial charge in [0.25, 0.3) is 0 Å². The molecular formula is C15H23N2OP. The summed E-state index contributed by atoms with van der Waals surface area (Å²) in [5.74, 6) is 0. The normalized spacial score (nSPS) is 28.0. The molecule has 3 nitrogen and oxygen atoms in total. The highest BCUT2D eigenvalue weighted by Crippen LogP contribution is 2.35. The first-order chi connectivity index (χ1) is 9.17. The van der Waals surface area contributed by atoms with Crippen LogP contribution in [0.3, 0.4) is 0 Å². The Hall–Kier alpha value is -0.470. The van der Waals surface area contributed by atoms with Crippen LogP contribution in [0.25, 0.3) is 0 Å². The topological polar surface area (TPSA) is 26.7 Å². The van der Waals surface area contributed by atoms with E-state index in [1.54, 1.807) is 0 Å². The molecule has 0 bridgehead atoms. The summed E-state index contributed by atoms with van der Waals surface area (Å²) in [5, 5.41) is 10.8. The molecule has 2 aliphatic rings. The van der Waals surface area contributed by atoms with E-state index in [-0.39, 0.29) is 0 Å². The molecule has 104 valence electrons. The lowest BCUT2D eigenvalue weighted by Crippen LogP contribution is -2.69. The molecular weight excluding hydrogens is 255 g/mol. The lowest BCUT2D eigenvalue weighted by atomic mass is 9.81. The van der Waals surface area contributed by atoms with Crippen molar-refractivity contribution in [2.45, 2.75) is 37.5 Å². The Morgan fingerprint density at radius 2 is 1.95 bits per heavy atom. The third kappa shape index (κ3) is 2.85. The van der Waals surface area contributed by atoms with Crippen LogP contribution in [0.2, 0.25) is 0 Å². The van der Waals surface area contributed by atoms with Gasteiger partial charge in [0.15, 0.2) is 0 Å². The number of rotatable bonds is 3. The second-order valence-electron chi connectivity index (χ2n) is 5.98. The molecule has 1 aromatic carbocycles. The molecule has 1 N–H and O–H groups in total. The fraction of sp³-hybridized carbons (Fsp3) is 0.600. The van der Waals surface area contributed by atoms with Gasteiger partial charge in [0.2, 0.25) is 0 Å². The minimum atomic E-state index is -0.503. The third-order valence-electron chi connectivity index (χ3n) is 4.41. The Bertz CT molecular complexity index is 419. The SMILES string of the molecule is OC1(C2CCCCN2P)CN(Cc2ccccc2)C1. The average Bonchev–Trinajstić information content (AvgIpc) is 2.38. The average molecular weight is 278 g/mol. The molecule has 0 aliphatic carbocycles. The van der Waals surface area contributed by atoms with Gasteiger partial charge in [-0.25, -0.2) is 0 Å². The van der Waals surface area contributed by atoms with Crippen LogP contribution in [-0.4, -0.2) is 46.0 Å². The van der Waals surface area contributed by atoms with E-state index in [1.807, 2.05) is 6.07 Å². The minimum Gasteiger partial charge on any atom is -0.386 e. The fourth-order valence-corrected chi connectivity index (χ4v) is 4.03. The maximum atomic E-state index is 10.8. The summed E-state index contributed by atoms with van der Waals surface area (Å²) in [7, 11) is 2.80. The van der Waals surface area contributed by atoms with E-state index in [9.17, 15) is 5.11 Å². The highest BCUT2D eigenvalue weighted by Gasteiger charge is 2.49. The van der Waals surface area contributed by atoms with E-state index < -0.39 is 5.60 Å². The van der Waals surface area contributed by atoms with Gasteiger partial charge in [-0.15, -0.1) is 0 Å². The Morgan fingerprint density at radius 3 is 2.63 bits per heavy atom. The molecule has 0 radical (unpaired) electrons. The summed E-state index contributed by atoms with van der Waals surface area (Å²) < 4.78 is 2.27. The van der Waals surface area contributed by atoms with Gasteiger partial charge in [0.1, 0.15) is 5.60 Å². The standard InChI is InChI=1S/C15H23N2OP/c18-15(14-8-4-5-9-17(14)19)11-16(12-15)10-13-6-2-1-3-7-13/h1-3,6-7,14,18H,4-5,8-12,19H2. The lowest BCUT2D eigenvalue weighted by molar-refractivity contribution is -0.142. The quantitative estimate of drug-likeness (QED) is 0.855. The van der Waals surface area contributed by atoms with Crippen LogP contribution in [0.4, 0.5) is 0 Å². The molecule has 2 aliphatic heterocycles. The molecule has 2 atom stereocenters. The van der Waals surface area contributed by atoms with Crippen molar-refractivity contribution in [3.8, 4) is 0 Å². The van der Waals surface area contributed by atoms with E-state index >= 15 is 0 Å². The van der Waals surface area contributed by atoms with Gasteiger partial charge in [-0.3, -0.25) is 9.57 Å². The molecule has 0 spiro atoms. The van der Waals surface area contributed by atoms with Gasteiger partial charge >= 0.3 is 0 Å². The van der Waals surface area contributed by atoms with Crippen LogP contribution in [-0.2, 0) is 6.54 Å². The van der Waals surface area contributed by atoms with Crippen LogP contribution < -0.4 is 0 Å². The van der Waals surface area contributed by atoms with Gasteiger partial charge in [-0.05, 0) is 18.4 Å². The summed E-state index contributed by atoms with van der Waals surface area (Å²) in [4.78, 5) is 2.34. The van der Waals surface area contributed by atoms with E-state index in [0.717, 1.165) is 32.6 Å². The molecule has 3 rings (SSSR count). The van der Waals surface area contributed by atoms with Gasteiger partial charge in [-0.1, -0.05) is 46.1 Å². The predicted molar refractivity (Wildman–Crippen MR) is 80.7 cm³/mol. The van der Waals surface area contributed by atoms with Crippen molar-refractivity contribution in [2.75, 3.05) is 19.6 Å². The maximum absolute atomic E-state index is 10.8. The highest BCUT2D eigenvalue weighted by atomic mass is 31.0. The van der Waals surface area contributed by atoms with Crippen LogP contribution in [0.5, 0.6) is 0 Å². The van der Waals surface area contributed by atoms with Gasteiger partial charge in [0.05, 0.1) is 0 Å². The Kier molecular flexibility index (Phi) is 3.91. The number of nitrogens with zero attached hydrogens (tertiary/aromatic N) is 2. The van der Waals surface area contributed by atoms with E-state index in [4.69, 9.17) is 0 Å². The number of hydrogen-bond donors (Lipinski definition) is 1. The minimum absolute atomic E-state index is 0.318. The Balaban J connectivity index is 1.56. The number of likely N-dealkylation sites (tertiary alicyclic amines) is 1. The van der Waals surface area contributed by atoms with Crippen molar-refractivity contribution in [2.24, 2.45) is 0 Å². The smallest absolute Gasteiger partial charge is 0.106 e. The van der Waals surface area contributed by atoms with Crippen LogP contribution >= 0.6 is 9.39 Å². The van der Waals surface area contributed by atoms with Crippen molar-refractivity contribution in [1.82, 2.24) is 9.57 Å². The second kappa shape index (κ2) is 5.49. The van der Waals surface area contributed by atoms with Crippen molar-refractivity contribution < 1.29 is 5.11 Å². The molecule has 2 unspecified atom stereocenters. The zero-order valence-electron chi connectivity index (χ0n) is 11.3. The van der Waals surface area contributed by atoms with Crippen LogP contribution in [0.15, 0.2) is 30.3 Å². The zero-order chi connectivity index (χ0) is 13.3. The maximum Gasteiger partial charge on any atom is 0.106 e. The van der Waals surface area contributed by atoms with Crippen molar-refractivity contribution in [1.29, 1.82) is 0 Å². The number of β-amino-alcohol motifs (C(OH)–C–C–N with tert-alkyl or cyclic N) is 1. The molecule has 19 heavy (non-hydrogen) atoms. The summed E-state index contributed by atoms with van der Waals surface area (Å²) in [6, 6.07) is 10.8. The first-order valence-electron chi connectivity index (χ1n) is 7.17. The number of benzene rings is 1. The van der Waals surface area contributed by atoms with E-state index in [1.165, 1.54) is 18.4 Å². The van der Waals surface area contributed by atoms with Crippen molar-refractivity contribution in [3.05, 3.63) is 35.9 Å². The largest absolute Gasteiger partial charge is 0.386 e. The molecule has 0 saturated carbocycles. The molecule has 4 heteroatoms. The van der Waals surface area contributed by atoms with E-state index in [0.29, 0.717) is 6.04 Å². The second-order valence-corrected chi connectivity index (χ2v) is 6.65. The summed E-state index contributed by atoms with van der Waals surface area (Å²) in [5.41, 5.74) is 0.827. The first kappa shape index (κ1) is 13.5. The zero-order valence-corrected chi connectivity index (χ0v) is 12.5. The Labute approximate surface area is 117 Å². The summed E-state index contributed by atoms with van der Waals surface area (Å²) in [6.45, 7) is 3.65.